The largest absolute Gasteiger partial charge is 0.457 e. The summed E-state index contributed by atoms with van der Waals surface area (Å²) in [4.78, 5) is 12.9. The molecule has 14 nitrogen and oxygen atoms in total. The fourth-order valence-corrected chi connectivity index (χ4v) is 7.28. The number of hydrogen-bond donors (Lipinski definition) is 7. The number of hydrogen-bond acceptors (Lipinski definition) is 14. The number of ether oxygens (including phenoxy) is 6. The average Bonchev–Trinajstić information content (AvgIpc) is 3.29. The normalized spacial score (nSPS) is 27.3. The van der Waals surface area contributed by atoms with Crippen molar-refractivity contribution in [2.75, 3.05) is 33.0 Å². The van der Waals surface area contributed by atoms with E-state index in [9.17, 15) is 40.5 Å². The summed E-state index contributed by atoms with van der Waals surface area (Å²) in [6.45, 7) is 3.45. The third kappa shape index (κ3) is 25.6. The second-order valence-electron chi connectivity index (χ2n) is 16.9. The molecule has 0 saturated carbocycles. The summed E-state index contributed by atoms with van der Waals surface area (Å²) in [6.07, 6.45) is 27.2. The van der Waals surface area contributed by atoms with Crippen molar-refractivity contribution >= 4 is 5.97 Å². The first-order chi connectivity index (χ1) is 31.1. The summed E-state index contributed by atoms with van der Waals surface area (Å²) in [5.41, 5.74) is 0. The molecule has 0 amide bonds. The van der Waals surface area contributed by atoms with Gasteiger partial charge in [0.1, 0.15) is 54.9 Å². The molecule has 2 fully saturated rings. The van der Waals surface area contributed by atoms with E-state index >= 15 is 0 Å². The minimum absolute atomic E-state index is 0.0478. The molecule has 0 radical (unpaired) electrons. The van der Waals surface area contributed by atoms with Gasteiger partial charge in [-0.2, -0.15) is 0 Å². The first-order valence-electron chi connectivity index (χ1n) is 24.4. The van der Waals surface area contributed by atoms with Crippen molar-refractivity contribution in [3.63, 3.8) is 0 Å². The van der Waals surface area contributed by atoms with Crippen LogP contribution in [0.4, 0.5) is 0 Å². The Morgan fingerprint density at radius 3 is 1.61 bits per heavy atom. The van der Waals surface area contributed by atoms with Gasteiger partial charge in [-0.15, -0.1) is 0 Å². The molecule has 2 aliphatic heterocycles. The van der Waals surface area contributed by atoms with Crippen molar-refractivity contribution in [1.82, 2.24) is 0 Å². The third-order valence-corrected chi connectivity index (χ3v) is 11.2. The number of allylic oxidation sites excluding steroid dienone is 10. The lowest BCUT2D eigenvalue weighted by atomic mass is 9.98. The second-order valence-corrected chi connectivity index (χ2v) is 16.9. The van der Waals surface area contributed by atoms with E-state index in [1.165, 1.54) is 19.3 Å². The maximum atomic E-state index is 12.9. The molecule has 11 atom stereocenters. The van der Waals surface area contributed by atoms with E-state index in [-0.39, 0.29) is 19.6 Å². The highest BCUT2D eigenvalue weighted by atomic mass is 16.7. The van der Waals surface area contributed by atoms with Gasteiger partial charge in [0.15, 0.2) is 12.6 Å². The van der Waals surface area contributed by atoms with E-state index in [1.807, 2.05) is 0 Å². The van der Waals surface area contributed by atoms with Crippen LogP contribution in [0.15, 0.2) is 60.8 Å². The van der Waals surface area contributed by atoms with Crippen molar-refractivity contribution < 1.29 is 69.0 Å². The lowest BCUT2D eigenvalue weighted by Crippen LogP contribution is -2.61. The zero-order valence-electron chi connectivity index (χ0n) is 39.0. The van der Waals surface area contributed by atoms with Gasteiger partial charge in [-0.1, -0.05) is 132 Å². The quantitative estimate of drug-likeness (QED) is 0.0200. The fourth-order valence-electron chi connectivity index (χ4n) is 7.28. The van der Waals surface area contributed by atoms with Crippen molar-refractivity contribution in [2.24, 2.45) is 0 Å². The number of carbonyl (C=O) groups is 1. The molecule has 0 aromatic rings. The molecule has 370 valence electrons. The topological polar surface area (TPSA) is 214 Å². The maximum Gasteiger partial charge on any atom is 0.306 e. The van der Waals surface area contributed by atoms with Crippen molar-refractivity contribution in [1.29, 1.82) is 0 Å². The number of carbonyl (C=O) groups excluding carboxylic acids is 1. The summed E-state index contributed by atoms with van der Waals surface area (Å²) in [6, 6.07) is 0. The van der Waals surface area contributed by atoms with Gasteiger partial charge in [0.2, 0.25) is 0 Å². The molecule has 2 aliphatic rings. The minimum Gasteiger partial charge on any atom is -0.457 e. The van der Waals surface area contributed by atoms with Gasteiger partial charge in [0, 0.05) is 13.0 Å². The number of unbranched alkanes of at least 4 members (excludes halogenated alkanes) is 13. The Labute approximate surface area is 384 Å². The lowest BCUT2D eigenvalue weighted by Gasteiger charge is -2.42. The van der Waals surface area contributed by atoms with E-state index in [4.69, 9.17) is 28.4 Å². The Bertz CT molecular complexity index is 1290. The highest BCUT2D eigenvalue weighted by molar-refractivity contribution is 5.69. The van der Waals surface area contributed by atoms with Crippen LogP contribution in [0.1, 0.15) is 149 Å². The number of aliphatic hydroxyl groups excluding tert-OH is 7. The zero-order valence-corrected chi connectivity index (χ0v) is 39.0. The Balaban J connectivity index is 1.76. The standard InChI is InChI=1S/C50H86O14/c1-3-5-7-9-11-13-15-16-17-18-19-20-21-22-23-24-26-28-30-32-34-59-36-39(62-42(52)33-31-29-27-25-14-12-10-8-6-4-2)37-60-49-48(58)46(56)44(54)41(64-49)38-61-50-47(57)45(55)43(53)40(35-51)63-50/h5,7-8,10-11,13,16-17,19-20,39-41,43-51,53-58H,3-4,6,9,12,14-15,18,21-38H2,1-2H3/b7-5-,10-8-,13-11-,17-16-,20-19-. The van der Waals surface area contributed by atoms with Crippen LogP contribution in [0.25, 0.3) is 0 Å². The van der Waals surface area contributed by atoms with E-state index in [1.54, 1.807) is 0 Å². The Morgan fingerprint density at radius 2 is 1.02 bits per heavy atom. The summed E-state index contributed by atoms with van der Waals surface area (Å²) < 4.78 is 34.2. The maximum absolute atomic E-state index is 12.9. The van der Waals surface area contributed by atoms with Gasteiger partial charge in [0.05, 0.1) is 26.4 Å². The van der Waals surface area contributed by atoms with E-state index in [2.05, 4.69) is 74.6 Å². The highest BCUT2D eigenvalue weighted by Gasteiger charge is 2.47. The molecule has 64 heavy (non-hydrogen) atoms. The minimum atomic E-state index is -1.71. The number of rotatable bonds is 37. The smallest absolute Gasteiger partial charge is 0.306 e. The summed E-state index contributed by atoms with van der Waals surface area (Å²) >= 11 is 0. The Morgan fingerprint density at radius 1 is 0.531 bits per heavy atom. The molecule has 2 saturated heterocycles. The fraction of sp³-hybridized carbons (Fsp3) is 0.780. The zero-order chi connectivity index (χ0) is 46.6. The van der Waals surface area contributed by atoms with Gasteiger partial charge >= 0.3 is 5.97 Å². The van der Waals surface area contributed by atoms with Crippen molar-refractivity contribution in [3.05, 3.63) is 60.8 Å². The molecule has 0 spiro atoms. The van der Waals surface area contributed by atoms with Gasteiger partial charge in [0.25, 0.3) is 0 Å². The van der Waals surface area contributed by atoms with Crippen LogP contribution in [0.3, 0.4) is 0 Å². The van der Waals surface area contributed by atoms with Crippen molar-refractivity contribution in [2.45, 2.75) is 216 Å². The predicted octanol–water partition coefficient (Wildman–Crippen LogP) is 6.57. The molecule has 0 aliphatic carbocycles. The summed E-state index contributed by atoms with van der Waals surface area (Å²) in [5.74, 6) is -0.395. The van der Waals surface area contributed by atoms with Crippen LogP contribution in [-0.2, 0) is 33.2 Å². The summed E-state index contributed by atoms with van der Waals surface area (Å²) in [5, 5.41) is 72.0. The predicted molar refractivity (Wildman–Crippen MR) is 247 cm³/mol. The first-order valence-corrected chi connectivity index (χ1v) is 24.4. The third-order valence-electron chi connectivity index (χ3n) is 11.2. The van der Waals surface area contributed by atoms with E-state index in [0.717, 1.165) is 103 Å². The van der Waals surface area contributed by atoms with Gasteiger partial charge in [-0.05, 0) is 70.6 Å². The highest BCUT2D eigenvalue weighted by Crippen LogP contribution is 2.26. The Hall–Kier alpha value is -2.31. The first kappa shape index (κ1) is 57.8. The monoisotopic (exact) mass is 911 g/mol. The van der Waals surface area contributed by atoms with Crippen LogP contribution in [0.2, 0.25) is 0 Å². The van der Waals surface area contributed by atoms with Gasteiger partial charge in [-0.3, -0.25) is 4.79 Å². The molecule has 0 bridgehead atoms. The molecule has 2 rings (SSSR count). The van der Waals surface area contributed by atoms with Crippen molar-refractivity contribution in [3.8, 4) is 0 Å². The molecule has 0 aromatic carbocycles. The Kier molecular flexibility index (Phi) is 34.1. The molecule has 7 N–H and O–H groups in total. The van der Waals surface area contributed by atoms with E-state index < -0.39 is 86.7 Å². The molecular formula is C50H86O14. The van der Waals surface area contributed by atoms with Crippen LogP contribution in [0, 0.1) is 0 Å². The lowest BCUT2D eigenvalue weighted by molar-refractivity contribution is -0.332. The molecule has 11 unspecified atom stereocenters. The van der Waals surface area contributed by atoms with Gasteiger partial charge < -0.3 is 64.2 Å². The average molecular weight is 911 g/mol. The second kappa shape index (κ2) is 37.7. The van der Waals surface area contributed by atoms with Crippen LogP contribution in [-0.4, -0.2) is 142 Å². The number of aliphatic hydroxyl groups is 7. The van der Waals surface area contributed by atoms with Gasteiger partial charge in [-0.25, -0.2) is 0 Å². The molecule has 14 heteroatoms. The van der Waals surface area contributed by atoms with Crippen LogP contribution < -0.4 is 0 Å². The van der Waals surface area contributed by atoms with Crippen LogP contribution in [0.5, 0.6) is 0 Å². The number of esters is 1. The molecule has 2 heterocycles. The molecule has 0 aromatic heterocycles. The summed E-state index contributed by atoms with van der Waals surface area (Å²) in [7, 11) is 0. The molecular weight excluding hydrogens is 825 g/mol. The van der Waals surface area contributed by atoms with E-state index in [0.29, 0.717) is 13.0 Å². The van der Waals surface area contributed by atoms with Crippen LogP contribution >= 0.6 is 0 Å². The SMILES string of the molecule is CC/C=C\C/C=C\C/C=C\C/C=C\CCCCCCCCCOCC(COC1OC(COC2OC(CO)C(O)C(O)C2O)C(O)C(O)C1O)OC(=O)CCCCCCC/C=C\CCC.